The SMILES string of the molecule is C/C(=N\NC(N)=O)c1ccn[nH]1. The highest BCUT2D eigenvalue weighted by atomic mass is 16.2. The van der Waals surface area contributed by atoms with Crippen molar-refractivity contribution in [1.29, 1.82) is 0 Å². The van der Waals surface area contributed by atoms with Gasteiger partial charge in [0, 0.05) is 6.20 Å². The van der Waals surface area contributed by atoms with Gasteiger partial charge >= 0.3 is 6.03 Å². The fourth-order valence-electron chi connectivity index (χ4n) is 0.657. The summed E-state index contributed by atoms with van der Waals surface area (Å²) in [6, 6.07) is 1.05. The molecule has 2 amide bonds. The van der Waals surface area contributed by atoms with Crippen molar-refractivity contribution in [2.24, 2.45) is 10.8 Å². The lowest BCUT2D eigenvalue weighted by molar-refractivity contribution is 0.249. The molecular formula is C6H9N5O. The summed E-state index contributed by atoms with van der Waals surface area (Å²) in [6.07, 6.45) is 1.60. The van der Waals surface area contributed by atoms with Crippen molar-refractivity contribution in [3.8, 4) is 0 Å². The summed E-state index contributed by atoms with van der Waals surface area (Å²) in [5.74, 6) is 0. The van der Waals surface area contributed by atoms with Crippen LogP contribution in [0.25, 0.3) is 0 Å². The number of nitrogens with one attached hydrogen (secondary N) is 2. The highest BCUT2D eigenvalue weighted by Gasteiger charge is 1.97. The summed E-state index contributed by atoms with van der Waals surface area (Å²) in [6.45, 7) is 1.73. The number of hydrogen-bond donors (Lipinski definition) is 3. The van der Waals surface area contributed by atoms with Crippen LogP contribution in [0.2, 0.25) is 0 Å². The zero-order valence-electron chi connectivity index (χ0n) is 6.53. The Kier molecular flexibility index (Phi) is 2.42. The number of primary amides is 1. The molecule has 0 aliphatic carbocycles. The van der Waals surface area contributed by atoms with Crippen LogP contribution in [-0.4, -0.2) is 21.9 Å². The average Bonchev–Trinajstić information content (AvgIpc) is 2.51. The molecule has 12 heavy (non-hydrogen) atoms. The van der Waals surface area contributed by atoms with E-state index in [2.05, 4.69) is 20.7 Å². The Bertz CT molecular complexity index is 289. The molecule has 6 heteroatoms. The van der Waals surface area contributed by atoms with Gasteiger partial charge in [-0.1, -0.05) is 0 Å². The third-order valence-electron chi connectivity index (χ3n) is 1.22. The molecule has 0 aromatic carbocycles. The minimum atomic E-state index is -0.686. The van der Waals surface area contributed by atoms with Gasteiger partial charge in [-0.05, 0) is 13.0 Å². The van der Waals surface area contributed by atoms with Crippen molar-refractivity contribution in [3.63, 3.8) is 0 Å². The molecule has 1 aromatic rings. The number of urea groups is 1. The van der Waals surface area contributed by atoms with Crippen molar-refractivity contribution >= 4 is 11.7 Å². The van der Waals surface area contributed by atoms with Crippen LogP contribution in [0, 0.1) is 0 Å². The highest BCUT2D eigenvalue weighted by molar-refractivity contribution is 5.97. The molecular weight excluding hydrogens is 158 g/mol. The van der Waals surface area contributed by atoms with Crippen molar-refractivity contribution < 1.29 is 4.79 Å². The van der Waals surface area contributed by atoms with Gasteiger partial charge in [0.2, 0.25) is 0 Å². The molecule has 4 N–H and O–H groups in total. The van der Waals surface area contributed by atoms with Crippen LogP contribution in [-0.2, 0) is 0 Å². The van der Waals surface area contributed by atoms with Gasteiger partial charge in [0.25, 0.3) is 0 Å². The van der Waals surface area contributed by atoms with Crippen molar-refractivity contribution in [2.75, 3.05) is 0 Å². The zero-order chi connectivity index (χ0) is 8.97. The molecule has 0 spiro atoms. The van der Waals surface area contributed by atoms with E-state index >= 15 is 0 Å². The lowest BCUT2D eigenvalue weighted by Crippen LogP contribution is -2.25. The van der Waals surface area contributed by atoms with Gasteiger partial charge in [-0.3, -0.25) is 5.10 Å². The number of nitrogens with zero attached hydrogens (tertiary/aromatic N) is 2. The number of nitrogens with two attached hydrogens (primary N) is 1. The number of hydrogen-bond acceptors (Lipinski definition) is 3. The average molecular weight is 167 g/mol. The van der Waals surface area contributed by atoms with Crippen LogP contribution >= 0.6 is 0 Å². The van der Waals surface area contributed by atoms with Crippen LogP contribution in [0.1, 0.15) is 12.6 Å². The minimum Gasteiger partial charge on any atom is -0.350 e. The summed E-state index contributed by atoms with van der Waals surface area (Å²) in [7, 11) is 0. The molecule has 0 saturated heterocycles. The van der Waals surface area contributed by atoms with Crippen molar-refractivity contribution in [2.45, 2.75) is 6.92 Å². The maximum atomic E-state index is 10.3. The number of carbonyl (C=O) groups is 1. The Morgan fingerprint density at radius 2 is 2.58 bits per heavy atom. The van der Waals surface area contributed by atoms with E-state index in [1.54, 1.807) is 19.2 Å². The Morgan fingerprint density at radius 3 is 3.08 bits per heavy atom. The van der Waals surface area contributed by atoms with E-state index in [0.717, 1.165) is 5.69 Å². The van der Waals surface area contributed by atoms with Gasteiger partial charge in [-0.25, -0.2) is 10.2 Å². The number of amides is 2. The molecule has 0 bridgehead atoms. The first kappa shape index (κ1) is 8.25. The standard InChI is InChI=1S/C6H9N5O/c1-4(9-11-6(7)12)5-2-3-8-10-5/h2-3H,1H3,(H,8,10)(H3,7,11,12)/b9-4+. The van der Waals surface area contributed by atoms with Crippen LogP contribution in [0.3, 0.4) is 0 Å². The topological polar surface area (TPSA) is 96.2 Å². The van der Waals surface area contributed by atoms with Gasteiger partial charge in [-0.15, -0.1) is 0 Å². The van der Waals surface area contributed by atoms with Gasteiger partial charge in [0.15, 0.2) is 0 Å². The van der Waals surface area contributed by atoms with Gasteiger partial charge in [0.1, 0.15) is 0 Å². The van der Waals surface area contributed by atoms with E-state index < -0.39 is 6.03 Å². The third-order valence-corrected chi connectivity index (χ3v) is 1.22. The molecule has 0 radical (unpaired) electrons. The van der Waals surface area contributed by atoms with E-state index in [1.165, 1.54) is 0 Å². The minimum absolute atomic E-state index is 0.617. The molecule has 1 heterocycles. The lowest BCUT2D eigenvalue weighted by atomic mass is 10.3. The van der Waals surface area contributed by atoms with Crippen LogP contribution in [0.4, 0.5) is 4.79 Å². The second-order valence-electron chi connectivity index (χ2n) is 2.14. The van der Waals surface area contributed by atoms with Gasteiger partial charge in [0.05, 0.1) is 11.4 Å². The molecule has 1 rings (SSSR count). The van der Waals surface area contributed by atoms with E-state index in [9.17, 15) is 4.79 Å². The molecule has 0 atom stereocenters. The summed E-state index contributed by atoms with van der Waals surface area (Å²) in [4.78, 5) is 10.3. The number of H-pyrrole nitrogens is 1. The highest BCUT2D eigenvalue weighted by Crippen LogP contribution is 1.92. The molecule has 6 nitrogen and oxygen atoms in total. The molecule has 0 unspecified atom stereocenters. The monoisotopic (exact) mass is 167 g/mol. The van der Waals surface area contributed by atoms with Crippen molar-refractivity contribution in [3.05, 3.63) is 18.0 Å². The number of rotatable bonds is 2. The summed E-state index contributed by atoms with van der Waals surface area (Å²) >= 11 is 0. The second-order valence-corrected chi connectivity index (χ2v) is 2.14. The molecule has 0 fully saturated rings. The second kappa shape index (κ2) is 3.51. The molecule has 0 aliphatic rings. The normalized spacial score (nSPS) is 11.2. The Labute approximate surface area is 68.8 Å². The maximum absolute atomic E-state index is 10.3. The molecule has 64 valence electrons. The lowest BCUT2D eigenvalue weighted by Gasteiger charge is -1.95. The Morgan fingerprint density at radius 1 is 1.83 bits per heavy atom. The zero-order valence-corrected chi connectivity index (χ0v) is 6.53. The maximum Gasteiger partial charge on any atom is 0.332 e. The van der Waals surface area contributed by atoms with Gasteiger partial charge in [-0.2, -0.15) is 10.2 Å². The third kappa shape index (κ3) is 2.08. The first-order valence-corrected chi connectivity index (χ1v) is 3.29. The number of aromatic nitrogens is 2. The van der Waals surface area contributed by atoms with Crippen LogP contribution in [0.15, 0.2) is 17.4 Å². The van der Waals surface area contributed by atoms with E-state index in [4.69, 9.17) is 5.73 Å². The Hall–Kier alpha value is -1.85. The van der Waals surface area contributed by atoms with Crippen LogP contribution < -0.4 is 11.2 Å². The predicted octanol–water partition coefficient (Wildman–Crippen LogP) is -0.198. The van der Waals surface area contributed by atoms with Crippen LogP contribution in [0.5, 0.6) is 0 Å². The summed E-state index contributed by atoms with van der Waals surface area (Å²) in [5.41, 5.74) is 8.28. The molecule has 0 saturated carbocycles. The quantitative estimate of drug-likeness (QED) is 0.420. The fraction of sp³-hybridized carbons (Fsp3) is 0.167. The summed E-state index contributed by atoms with van der Waals surface area (Å²) < 4.78 is 0. The van der Waals surface area contributed by atoms with E-state index in [-0.39, 0.29) is 0 Å². The largest absolute Gasteiger partial charge is 0.350 e. The Balaban J connectivity index is 2.65. The number of carbonyl (C=O) groups excluding carboxylic acids is 1. The number of hydrazone groups is 1. The predicted molar refractivity (Wildman–Crippen MR) is 43.5 cm³/mol. The van der Waals surface area contributed by atoms with Gasteiger partial charge < -0.3 is 5.73 Å². The molecule has 1 aromatic heterocycles. The van der Waals surface area contributed by atoms with E-state index in [0.29, 0.717) is 5.71 Å². The first-order valence-electron chi connectivity index (χ1n) is 3.29. The smallest absolute Gasteiger partial charge is 0.332 e. The molecule has 0 aliphatic heterocycles. The van der Waals surface area contributed by atoms with E-state index in [1.807, 2.05) is 0 Å². The first-order chi connectivity index (χ1) is 5.70. The summed E-state index contributed by atoms with van der Waals surface area (Å²) in [5, 5.41) is 10.1. The van der Waals surface area contributed by atoms with Crippen molar-refractivity contribution in [1.82, 2.24) is 15.6 Å². The number of aromatic amines is 1. The fourth-order valence-corrected chi connectivity index (χ4v) is 0.657.